The molecule has 0 spiro atoms. The summed E-state index contributed by atoms with van der Waals surface area (Å²) in [6.45, 7) is 7.69. The minimum atomic E-state index is -2.91. The smallest absolute Gasteiger partial charge is 0.319 e. The summed E-state index contributed by atoms with van der Waals surface area (Å²) in [5.74, 6) is 1.24. The van der Waals surface area contributed by atoms with E-state index in [1.165, 1.54) is 0 Å². The van der Waals surface area contributed by atoms with Crippen molar-refractivity contribution in [1.82, 2.24) is 15.3 Å². The van der Waals surface area contributed by atoms with Crippen LogP contribution < -0.4 is 15.5 Å². The van der Waals surface area contributed by atoms with E-state index in [9.17, 15) is 13.9 Å². The van der Waals surface area contributed by atoms with Crippen LogP contribution in [-0.2, 0) is 9.48 Å². The molecule has 2 heterocycles. The molecule has 1 saturated carbocycles. The van der Waals surface area contributed by atoms with Gasteiger partial charge in [0.2, 0.25) is 0 Å². The number of aliphatic hydroxyl groups excluding tert-OH is 1. The Morgan fingerprint density at radius 3 is 2.57 bits per heavy atom. The number of aliphatic hydroxyl groups is 1. The molecule has 11 heteroatoms. The van der Waals surface area contributed by atoms with Crippen molar-refractivity contribution in [2.24, 2.45) is 0 Å². The maximum Gasteiger partial charge on any atom is 0.319 e. The van der Waals surface area contributed by atoms with E-state index in [4.69, 9.17) is 19.8 Å². The van der Waals surface area contributed by atoms with Gasteiger partial charge in [0.1, 0.15) is 10.6 Å². The molecule has 0 bridgehead atoms. The first-order chi connectivity index (χ1) is 16.7. The maximum atomic E-state index is 11.9. The molecule has 1 saturated heterocycles. The zero-order valence-electron chi connectivity index (χ0n) is 20.4. The third kappa shape index (κ3) is 5.24. The van der Waals surface area contributed by atoms with E-state index in [0.717, 1.165) is 11.4 Å². The lowest BCUT2D eigenvalue weighted by atomic mass is 10.1. The van der Waals surface area contributed by atoms with Crippen LogP contribution in [0.1, 0.15) is 39.3 Å². The fourth-order valence-corrected chi connectivity index (χ4v) is 6.35. The number of hydrogen-bond acceptors (Lipinski definition) is 8. The molecule has 5 N–H and O–H groups in total. The van der Waals surface area contributed by atoms with Crippen LogP contribution in [0.5, 0.6) is 0 Å². The number of aromatic nitrogens is 2. The van der Waals surface area contributed by atoms with Crippen LogP contribution in [0.25, 0.3) is 11.4 Å². The molecule has 35 heavy (non-hydrogen) atoms. The molecule has 1 aromatic carbocycles. The molecule has 192 valence electrons. The Balaban J connectivity index is 1.70. The highest BCUT2D eigenvalue weighted by molar-refractivity contribution is 8.25. The summed E-state index contributed by atoms with van der Waals surface area (Å²) in [6.07, 6.45) is 1.35. The number of carbonyl (C=O) groups excluding carboxylic acids is 1. The van der Waals surface area contributed by atoms with Crippen LogP contribution in [-0.4, -0.2) is 74.4 Å². The number of ether oxygens (including phenoxy) is 1. The van der Waals surface area contributed by atoms with Gasteiger partial charge in [-0.25, -0.2) is 14.8 Å². The number of rotatable bonds is 8. The highest BCUT2D eigenvalue weighted by Gasteiger charge is 2.57. The van der Waals surface area contributed by atoms with E-state index in [2.05, 4.69) is 22.5 Å². The molecular weight excluding hydrogens is 470 g/mol. The predicted octanol–water partition coefficient (Wildman–Crippen LogP) is 3.63. The molecule has 10 nitrogen and oxygen atoms in total. The molecule has 4 rings (SSSR count). The largest absolute Gasteiger partial charge is 0.395 e. The SMILES string of the molecule is CC(C)S(O)(O)C1(c2cc(N3CCOC[C@@H]3C)nc(-c3ccc(NC(=O)NCCO)cc3)n2)CC1. The second-order valence-corrected chi connectivity index (χ2v) is 12.3. The van der Waals surface area contributed by atoms with Crippen molar-refractivity contribution in [3.05, 3.63) is 36.0 Å². The summed E-state index contributed by atoms with van der Waals surface area (Å²) in [5, 5.41) is 13.8. The summed E-state index contributed by atoms with van der Waals surface area (Å²) >= 11 is 0. The Hall–Kier alpha value is -2.44. The van der Waals surface area contributed by atoms with Crippen molar-refractivity contribution in [3.63, 3.8) is 0 Å². The van der Waals surface area contributed by atoms with E-state index >= 15 is 0 Å². The van der Waals surface area contributed by atoms with Gasteiger partial charge in [-0.3, -0.25) is 9.11 Å². The number of amides is 2. The Morgan fingerprint density at radius 1 is 1.26 bits per heavy atom. The number of benzene rings is 1. The van der Waals surface area contributed by atoms with Crippen molar-refractivity contribution in [2.45, 2.75) is 49.7 Å². The van der Waals surface area contributed by atoms with Crippen LogP contribution in [0.2, 0.25) is 0 Å². The van der Waals surface area contributed by atoms with Crippen molar-refractivity contribution in [3.8, 4) is 11.4 Å². The van der Waals surface area contributed by atoms with Crippen molar-refractivity contribution in [2.75, 3.05) is 43.1 Å². The lowest BCUT2D eigenvalue weighted by Gasteiger charge is -2.44. The van der Waals surface area contributed by atoms with Gasteiger partial charge in [-0.05, 0) is 57.9 Å². The molecule has 1 aliphatic heterocycles. The number of urea groups is 1. The molecule has 2 aliphatic rings. The topological polar surface area (TPSA) is 140 Å². The van der Waals surface area contributed by atoms with E-state index in [-0.39, 0.29) is 24.4 Å². The molecule has 2 amide bonds. The van der Waals surface area contributed by atoms with Crippen LogP contribution in [0, 0.1) is 0 Å². The van der Waals surface area contributed by atoms with Gasteiger partial charge in [0.15, 0.2) is 5.82 Å². The first kappa shape index (κ1) is 25.6. The Kier molecular flexibility index (Phi) is 7.53. The van der Waals surface area contributed by atoms with Gasteiger partial charge in [0, 0.05) is 35.7 Å². The Labute approximate surface area is 207 Å². The quantitative estimate of drug-likeness (QED) is 0.366. The molecule has 0 unspecified atom stereocenters. The minimum absolute atomic E-state index is 0.129. The third-order valence-corrected chi connectivity index (χ3v) is 9.66. The van der Waals surface area contributed by atoms with Gasteiger partial charge < -0.3 is 25.4 Å². The first-order valence-corrected chi connectivity index (χ1v) is 13.6. The van der Waals surface area contributed by atoms with Crippen LogP contribution in [0.15, 0.2) is 30.3 Å². The van der Waals surface area contributed by atoms with Crippen LogP contribution >= 0.6 is 10.6 Å². The van der Waals surface area contributed by atoms with Crippen LogP contribution in [0.4, 0.5) is 16.3 Å². The first-order valence-electron chi connectivity index (χ1n) is 11.9. The summed E-state index contributed by atoms with van der Waals surface area (Å²) in [7, 11) is -2.91. The van der Waals surface area contributed by atoms with Gasteiger partial charge >= 0.3 is 6.03 Å². The van der Waals surface area contributed by atoms with E-state index in [0.29, 0.717) is 49.8 Å². The summed E-state index contributed by atoms with van der Waals surface area (Å²) in [6, 6.07) is 8.81. The second kappa shape index (κ2) is 10.3. The van der Waals surface area contributed by atoms with E-state index in [1.54, 1.807) is 12.1 Å². The normalized spacial score (nSPS) is 20.0. The van der Waals surface area contributed by atoms with E-state index < -0.39 is 21.4 Å². The fourth-order valence-electron chi connectivity index (χ4n) is 4.33. The van der Waals surface area contributed by atoms with Gasteiger partial charge in [-0.15, -0.1) is 0 Å². The number of nitrogens with one attached hydrogen (secondary N) is 2. The molecule has 1 aliphatic carbocycles. The van der Waals surface area contributed by atoms with Gasteiger partial charge in [0.25, 0.3) is 0 Å². The van der Waals surface area contributed by atoms with Gasteiger partial charge in [-0.1, -0.05) is 0 Å². The highest BCUT2D eigenvalue weighted by atomic mass is 32.3. The number of morpholine rings is 1. The lowest BCUT2D eigenvalue weighted by molar-refractivity contribution is 0.0985. The molecule has 1 aromatic heterocycles. The zero-order chi connectivity index (χ0) is 25.2. The minimum Gasteiger partial charge on any atom is -0.395 e. The second-order valence-electron chi connectivity index (χ2n) is 9.37. The Morgan fingerprint density at radius 2 is 1.97 bits per heavy atom. The monoisotopic (exact) mass is 505 g/mol. The zero-order valence-corrected chi connectivity index (χ0v) is 21.2. The van der Waals surface area contributed by atoms with Gasteiger partial charge in [-0.2, -0.15) is 10.6 Å². The Bertz CT molecular complexity index is 1050. The molecule has 0 radical (unpaired) electrons. The summed E-state index contributed by atoms with van der Waals surface area (Å²) in [4.78, 5) is 23.7. The average Bonchev–Trinajstić information content (AvgIpc) is 3.66. The maximum absolute atomic E-state index is 11.9. The third-order valence-electron chi connectivity index (χ3n) is 6.58. The average molecular weight is 506 g/mol. The van der Waals surface area contributed by atoms with E-state index in [1.807, 2.05) is 32.0 Å². The molecular formula is C24H35N5O5S. The highest BCUT2D eigenvalue weighted by Crippen LogP contribution is 2.73. The molecule has 2 fully saturated rings. The van der Waals surface area contributed by atoms with Crippen molar-refractivity contribution in [1.29, 1.82) is 0 Å². The van der Waals surface area contributed by atoms with Crippen molar-refractivity contribution < 1.29 is 23.7 Å². The molecule has 2 aromatic rings. The fraction of sp³-hybridized carbons (Fsp3) is 0.542. The van der Waals surface area contributed by atoms with Crippen molar-refractivity contribution >= 4 is 28.1 Å². The number of hydrogen-bond donors (Lipinski definition) is 5. The standard InChI is InChI=1S/C24H35N5O5S/c1-16(2)35(32,33)24(8-9-24)20-14-21(29-11-13-34-15-17(29)3)28-22(27-20)18-4-6-19(7-5-18)26-23(31)25-10-12-30/h4-7,14,16-17,30,32-33H,8-13,15H2,1-3H3,(H2,25,26,31)/t17-/m0/s1. The summed E-state index contributed by atoms with van der Waals surface area (Å²) in [5.41, 5.74) is 2.01. The molecule has 1 atom stereocenters. The number of carbonyl (C=O) groups is 1. The van der Waals surface area contributed by atoms with Gasteiger partial charge in [0.05, 0.1) is 31.6 Å². The predicted molar refractivity (Wildman–Crippen MR) is 138 cm³/mol. The van der Waals surface area contributed by atoms with Crippen LogP contribution in [0.3, 0.4) is 0 Å². The number of nitrogens with zero attached hydrogens (tertiary/aromatic N) is 3. The number of anilines is 2. The summed E-state index contributed by atoms with van der Waals surface area (Å²) < 4.78 is 27.1. The lowest BCUT2D eigenvalue weighted by Crippen LogP contribution is -2.44.